The van der Waals surface area contributed by atoms with Crippen molar-refractivity contribution in [1.29, 1.82) is 0 Å². The number of halogens is 3. The van der Waals surface area contributed by atoms with Gasteiger partial charge in [0.1, 0.15) is 17.9 Å². The van der Waals surface area contributed by atoms with Gasteiger partial charge in [-0.25, -0.2) is 13.8 Å². The van der Waals surface area contributed by atoms with Crippen molar-refractivity contribution in [3.8, 4) is 0 Å². The van der Waals surface area contributed by atoms with E-state index in [4.69, 9.17) is 17.3 Å². The molecule has 0 atom stereocenters. The van der Waals surface area contributed by atoms with E-state index in [1.165, 1.54) is 35.4 Å². The molecular formula is C20H17ClF2N4O3. The molecule has 2 aromatic rings. The molecule has 1 spiro atoms. The van der Waals surface area contributed by atoms with Crippen LogP contribution in [0.5, 0.6) is 0 Å². The number of hydrogen-bond acceptors (Lipinski definition) is 4. The molecule has 2 aliphatic rings. The van der Waals surface area contributed by atoms with E-state index in [0.717, 1.165) is 11.0 Å². The zero-order chi connectivity index (χ0) is 21.6. The van der Waals surface area contributed by atoms with Gasteiger partial charge in [0.25, 0.3) is 5.91 Å². The highest BCUT2D eigenvalue weighted by atomic mass is 35.5. The fourth-order valence-electron chi connectivity index (χ4n) is 4.04. The topological polar surface area (TPSA) is 96.6 Å². The molecule has 4 rings (SSSR count). The molecule has 0 unspecified atom stereocenters. The molecule has 30 heavy (non-hydrogen) atoms. The third-order valence-electron chi connectivity index (χ3n) is 5.62. The van der Waals surface area contributed by atoms with Crippen LogP contribution in [0.3, 0.4) is 0 Å². The summed E-state index contributed by atoms with van der Waals surface area (Å²) < 4.78 is 27.7. The average Bonchev–Trinajstić information content (AvgIpc) is 2.65. The number of carbonyl (C=O) groups is 3. The molecule has 156 valence electrons. The number of benzene rings is 1. The van der Waals surface area contributed by atoms with Crippen LogP contribution in [0, 0.1) is 17.6 Å². The second-order valence-corrected chi connectivity index (χ2v) is 7.93. The zero-order valence-corrected chi connectivity index (χ0v) is 16.4. The summed E-state index contributed by atoms with van der Waals surface area (Å²) in [7, 11) is 0. The van der Waals surface area contributed by atoms with Gasteiger partial charge in [-0.3, -0.25) is 19.3 Å². The summed E-state index contributed by atoms with van der Waals surface area (Å²) >= 11 is 5.73. The summed E-state index contributed by atoms with van der Waals surface area (Å²) in [4.78, 5) is 44.3. The lowest BCUT2D eigenvalue weighted by Gasteiger charge is -2.56. The maximum Gasteiger partial charge on any atom is 0.254 e. The number of nitrogens with zero attached hydrogens (tertiary/aromatic N) is 3. The lowest BCUT2D eigenvalue weighted by atomic mass is 9.65. The Balaban J connectivity index is 1.70. The molecule has 2 heterocycles. The van der Waals surface area contributed by atoms with E-state index in [1.807, 2.05) is 0 Å². The minimum Gasteiger partial charge on any atom is -0.369 e. The summed E-state index contributed by atoms with van der Waals surface area (Å²) in [5, 5.41) is 0.0529. The number of piperazine rings is 1. The van der Waals surface area contributed by atoms with E-state index < -0.39 is 47.4 Å². The van der Waals surface area contributed by atoms with Crippen molar-refractivity contribution < 1.29 is 23.2 Å². The lowest BCUT2D eigenvalue weighted by Crippen LogP contribution is -2.73. The van der Waals surface area contributed by atoms with Crippen LogP contribution in [0.15, 0.2) is 36.5 Å². The second-order valence-electron chi connectivity index (χ2n) is 7.50. The summed E-state index contributed by atoms with van der Waals surface area (Å²) in [6.07, 6.45) is 1.24. The van der Waals surface area contributed by atoms with Crippen molar-refractivity contribution in [3.05, 3.63) is 58.7 Å². The quantitative estimate of drug-likeness (QED) is 0.796. The lowest BCUT2D eigenvalue weighted by molar-refractivity contribution is -0.164. The van der Waals surface area contributed by atoms with Crippen LogP contribution < -0.4 is 10.6 Å². The van der Waals surface area contributed by atoms with Crippen molar-refractivity contribution in [1.82, 2.24) is 9.88 Å². The van der Waals surface area contributed by atoms with Gasteiger partial charge in [-0.15, -0.1) is 0 Å². The van der Waals surface area contributed by atoms with E-state index in [9.17, 15) is 23.2 Å². The monoisotopic (exact) mass is 434 g/mol. The number of hydrogen-bond donors (Lipinski definition) is 1. The molecule has 7 nitrogen and oxygen atoms in total. The summed E-state index contributed by atoms with van der Waals surface area (Å²) in [6.45, 7) is -0.380. The molecule has 0 radical (unpaired) electrons. The van der Waals surface area contributed by atoms with Gasteiger partial charge in [0, 0.05) is 18.7 Å². The van der Waals surface area contributed by atoms with E-state index in [-0.39, 0.29) is 30.2 Å². The maximum atomic E-state index is 14.4. The van der Waals surface area contributed by atoms with Crippen molar-refractivity contribution in [2.45, 2.75) is 24.9 Å². The van der Waals surface area contributed by atoms with Gasteiger partial charge < -0.3 is 10.6 Å². The molecule has 1 aromatic carbocycles. The zero-order valence-electron chi connectivity index (χ0n) is 15.6. The Kier molecular flexibility index (Phi) is 4.93. The van der Waals surface area contributed by atoms with E-state index in [1.54, 1.807) is 0 Å². The van der Waals surface area contributed by atoms with Gasteiger partial charge >= 0.3 is 0 Å². The molecule has 2 fully saturated rings. The SMILES string of the molecule is NC(=O)[C@H]1C[C@@]2(C1)C(=O)N(c1ncc(Cl)cc1F)CC(=O)N2Cc1ccc(F)cc1. The number of aromatic nitrogens is 1. The van der Waals surface area contributed by atoms with Crippen molar-refractivity contribution in [2.75, 3.05) is 11.4 Å². The van der Waals surface area contributed by atoms with Crippen LogP contribution in [-0.2, 0) is 20.9 Å². The van der Waals surface area contributed by atoms with Crippen LogP contribution in [0.25, 0.3) is 0 Å². The molecule has 0 bridgehead atoms. The van der Waals surface area contributed by atoms with E-state index in [0.29, 0.717) is 5.56 Å². The molecule has 10 heteroatoms. The van der Waals surface area contributed by atoms with Crippen LogP contribution in [0.1, 0.15) is 18.4 Å². The van der Waals surface area contributed by atoms with Gasteiger partial charge in [-0.2, -0.15) is 0 Å². The molecule has 2 N–H and O–H groups in total. The predicted molar refractivity (Wildman–Crippen MR) is 103 cm³/mol. The van der Waals surface area contributed by atoms with Gasteiger partial charge in [0.05, 0.1) is 5.02 Å². The standard InChI is InChI=1S/C20H17ClF2N4O3/c21-13-5-15(23)18(25-8-13)26-10-16(28)27(9-11-1-3-14(22)4-2-11)20(19(26)30)6-12(7-20)17(24)29/h1-5,8,12H,6-7,9-10H2,(H2,24,29)/t12-,20+. The van der Waals surface area contributed by atoms with Crippen LogP contribution in [0.4, 0.5) is 14.6 Å². The Morgan fingerprint density at radius 1 is 1.23 bits per heavy atom. The fourth-order valence-corrected chi connectivity index (χ4v) is 4.18. The number of rotatable bonds is 4. The third kappa shape index (κ3) is 3.28. The summed E-state index contributed by atoms with van der Waals surface area (Å²) in [6, 6.07) is 6.54. The number of pyridine rings is 1. The first-order valence-electron chi connectivity index (χ1n) is 9.18. The normalized spacial score (nSPS) is 23.6. The summed E-state index contributed by atoms with van der Waals surface area (Å²) in [5.41, 5.74) is 4.64. The Morgan fingerprint density at radius 2 is 1.90 bits per heavy atom. The molecule has 3 amide bonds. The highest BCUT2D eigenvalue weighted by molar-refractivity contribution is 6.30. The number of amides is 3. The van der Waals surface area contributed by atoms with E-state index in [2.05, 4.69) is 4.98 Å². The van der Waals surface area contributed by atoms with Crippen LogP contribution in [0.2, 0.25) is 5.02 Å². The first-order chi connectivity index (χ1) is 14.2. The molecule has 1 aliphatic carbocycles. The first kappa shape index (κ1) is 20.2. The van der Waals surface area contributed by atoms with Crippen molar-refractivity contribution >= 4 is 35.1 Å². The number of anilines is 1. The van der Waals surface area contributed by atoms with Gasteiger partial charge in [0.2, 0.25) is 11.8 Å². The number of nitrogens with two attached hydrogens (primary N) is 1. The number of carbonyl (C=O) groups excluding carboxylic acids is 3. The van der Waals surface area contributed by atoms with Crippen LogP contribution in [-0.4, -0.2) is 39.7 Å². The van der Waals surface area contributed by atoms with Gasteiger partial charge in [0.15, 0.2) is 11.6 Å². The number of primary amides is 1. The Morgan fingerprint density at radius 3 is 2.50 bits per heavy atom. The largest absolute Gasteiger partial charge is 0.369 e. The van der Waals surface area contributed by atoms with Crippen molar-refractivity contribution in [3.63, 3.8) is 0 Å². The molecular weight excluding hydrogens is 418 g/mol. The first-order valence-corrected chi connectivity index (χ1v) is 9.56. The molecule has 1 aromatic heterocycles. The summed E-state index contributed by atoms with van der Waals surface area (Å²) in [5.74, 6) is -3.72. The Hall–Kier alpha value is -3.07. The predicted octanol–water partition coefficient (Wildman–Crippen LogP) is 2.02. The highest BCUT2D eigenvalue weighted by Crippen LogP contribution is 2.47. The Labute approximate surface area is 175 Å². The van der Waals surface area contributed by atoms with Gasteiger partial charge in [-0.1, -0.05) is 23.7 Å². The molecule has 1 saturated heterocycles. The van der Waals surface area contributed by atoms with Crippen LogP contribution >= 0.6 is 11.6 Å². The third-order valence-corrected chi connectivity index (χ3v) is 5.83. The van der Waals surface area contributed by atoms with Crippen molar-refractivity contribution in [2.24, 2.45) is 11.7 Å². The minimum absolute atomic E-state index is 0.0276. The van der Waals surface area contributed by atoms with Gasteiger partial charge in [-0.05, 0) is 36.6 Å². The van der Waals surface area contributed by atoms with E-state index >= 15 is 0 Å². The fraction of sp³-hybridized carbons (Fsp3) is 0.300. The molecule has 1 saturated carbocycles. The smallest absolute Gasteiger partial charge is 0.254 e. The minimum atomic E-state index is -1.35. The molecule has 1 aliphatic heterocycles. The maximum absolute atomic E-state index is 14.4. The average molecular weight is 435 g/mol. The second kappa shape index (κ2) is 7.32. The highest BCUT2D eigenvalue weighted by Gasteiger charge is 2.61. The Bertz CT molecular complexity index is 1040.